The molecule has 2 saturated heterocycles. The molecule has 2 atom stereocenters. The van der Waals surface area contributed by atoms with Crippen molar-refractivity contribution in [3.05, 3.63) is 30.6 Å². The number of hydrogen-bond acceptors (Lipinski definition) is 4. The van der Waals surface area contributed by atoms with Crippen molar-refractivity contribution < 1.29 is 4.74 Å². The van der Waals surface area contributed by atoms with Gasteiger partial charge in [-0.2, -0.15) is 0 Å². The van der Waals surface area contributed by atoms with Crippen molar-refractivity contribution in [1.82, 2.24) is 9.97 Å². The minimum atomic E-state index is 0.573. The number of nitrogens with zero attached hydrogens (tertiary/aromatic N) is 3. The lowest BCUT2D eigenvalue weighted by Crippen LogP contribution is -2.40. The van der Waals surface area contributed by atoms with Crippen LogP contribution in [0.2, 0.25) is 0 Å². The minimum absolute atomic E-state index is 0.573. The van der Waals surface area contributed by atoms with Crippen LogP contribution < -0.4 is 4.90 Å². The molecule has 2 fully saturated rings. The first-order chi connectivity index (χ1) is 10.4. The highest BCUT2D eigenvalue weighted by atomic mass is 16.5. The molecule has 2 aromatic heterocycles. The van der Waals surface area contributed by atoms with Crippen molar-refractivity contribution in [1.29, 1.82) is 0 Å². The van der Waals surface area contributed by atoms with Crippen LogP contribution in [0, 0.1) is 5.92 Å². The van der Waals surface area contributed by atoms with Crippen molar-refractivity contribution >= 4 is 16.7 Å². The van der Waals surface area contributed by atoms with E-state index in [0.717, 1.165) is 31.1 Å². The molecule has 0 aliphatic carbocycles. The summed E-state index contributed by atoms with van der Waals surface area (Å²) in [6, 6.07) is 6.71. The van der Waals surface area contributed by atoms with Gasteiger partial charge in [-0.15, -0.1) is 0 Å². The maximum atomic E-state index is 5.71. The van der Waals surface area contributed by atoms with Crippen LogP contribution in [0.3, 0.4) is 0 Å². The molecular weight excluding hydrogens is 262 g/mol. The molecule has 4 nitrogen and oxygen atoms in total. The summed E-state index contributed by atoms with van der Waals surface area (Å²) in [5.74, 6) is 1.75. The lowest BCUT2D eigenvalue weighted by atomic mass is 9.92. The molecule has 0 radical (unpaired) electrons. The smallest absolute Gasteiger partial charge is 0.138 e. The lowest BCUT2D eigenvalue weighted by Gasteiger charge is -2.35. The lowest BCUT2D eigenvalue weighted by molar-refractivity contribution is 0.0454. The summed E-state index contributed by atoms with van der Waals surface area (Å²) in [4.78, 5) is 11.6. The fraction of sp³-hybridized carbons (Fsp3) is 0.529. The number of fused-ring (bicyclic) bond motifs is 1. The van der Waals surface area contributed by atoms with Crippen LogP contribution in [0.4, 0.5) is 5.82 Å². The molecule has 0 bridgehead atoms. The van der Waals surface area contributed by atoms with E-state index in [-0.39, 0.29) is 0 Å². The first kappa shape index (κ1) is 13.0. The van der Waals surface area contributed by atoms with Crippen LogP contribution in [0.25, 0.3) is 10.9 Å². The molecular formula is C17H21N3O. The van der Waals surface area contributed by atoms with Crippen molar-refractivity contribution in [2.24, 2.45) is 5.92 Å². The Bertz CT molecular complexity index is 619. The Morgan fingerprint density at radius 3 is 3.00 bits per heavy atom. The summed E-state index contributed by atoms with van der Waals surface area (Å²) in [6.07, 6.45) is 8.72. The summed E-state index contributed by atoms with van der Waals surface area (Å²) in [5.41, 5.74) is 1.04. The number of pyridine rings is 2. The van der Waals surface area contributed by atoms with Crippen molar-refractivity contribution in [3.8, 4) is 0 Å². The second-order valence-corrected chi connectivity index (χ2v) is 6.08. The molecule has 0 amide bonds. The zero-order valence-corrected chi connectivity index (χ0v) is 12.2. The van der Waals surface area contributed by atoms with Gasteiger partial charge >= 0.3 is 0 Å². The first-order valence-electron chi connectivity index (χ1n) is 7.97. The molecule has 0 spiro atoms. The average Bonchev–Trinajstić information content (AvgIpc) is 3.04. The summed E-state index contributed by atoms with van der Waals surface area (Å²) in [5, 5.41) is 1.17. The Hall–Kier alpha value is -1.68. The summed E-state index contributed by atoms with van der Waals surface area (Å²) in [7, 11) is 0. The maximum absolute atomic E-state index is 5.71. The van der Waals surface area contributed by atoms with Crippen molar-refractivity contribution in [3.63, 3.8) is 0 Å². The Balaban J connectivity index is 1.69. The van der Waals surface area contributed by atoms with Crippen LogP contribution in [-0.4, -0.2) is 35.8 Å². The predicted octanol–water partition coefficient (Wildman–Crippen LogP) is 3.03. The fourth-order valence-electron chi connectivity index (χ4n) is 3.83. The maximum Gasteiger partial charge on any atom is 0.138 e. The predicted molar refractivity (Wildman–Crippen MR) is 83.4 cm³/mol. The summed E-state index contributed by atoms with van der Waals surface area (Å²) in [6.45, 7) is 2.94. The van der Waals surface area contributed by atoms with Gasteiger partial charge in [-0.3, -0.25) is 4.98 Å². The van der Waals surface area contributed by atoms with E-state index in [9.17, 15) is 0 Å². The Labute approximate surface area is 125 Å². The number of ether oxygens (including phenoxy) is 1. The van der Waals surface area contributed by atoms with Gasteiger partial charge < -0.3 is 9.64 Å². The van der Waals surface area contributed by atoms with E-state index in [1.54, 1.807) is 0 Å². The summed E-state index contributed by atoms with van der Waals surface area (Å²) < 4.78 is 5.71. The molecule has 2 aliphatic heterocycles. The van der Waals surface area contributed by atoms with Gasteiger partial charge in [0.15, 0.2) is 0 Å². The quantitative estimate of drug-likeness (QED) is 0.849. The van der Waals surface area contributed by atoms with Gasteiger partial charge in [-0.05, 0) is 43.9 Å². The minimum Gasteiger partial charge on any atom is -0.381 e. The second kappa shape index (κ2) is 5.60. The van der Waals surface area contributed by atoms with Gasteiger partial charge in [-0.1, -0.05) is 0 Å². The van der Waals surface area contributed by atoms with E-state index in [1.807, 2.05) is 24.5 Å². The first-order valence-corrected chi connectivity index (χ1v) is 7.97. The van der Waals surface area contributed by atoms with E-state index in [4.69, 9.17) is 4.74 Å². The van der Waals surface area contributed by atoms with Crippen LogP contribution >= 0.6 is 0 Å². The normalized spacial score (nSPS) is 26.4. The van der Waals surface area contributed by atoms with E-state index < -0.39 is 0 Å². The largest absolute Gasteiger partial charge is 0.381 e. The van der Waals surface area contributed by atoms with E-state index in [2.05, 4.69) is 20.9 Å². The number of rotatable bonds is 2. The Morgan fingerprint density at radius 1 is 1.10 bits per heavy atom. The monoisotopic (exact) mass is 283 g/mol. The number of hydrogen-bond donors (Lipinski definition) is 0. The molecule has 21 heavy (non-hydrogen) atoms. The summed E-state index contributed by atoms with van der Waals surface area (Å²) >= 11 is 0. The molecule has 2 aromatic rings. The third-order valence-corrected chi connectivity index (χ3v) is 4.82. The Kier molecular flexibility index (Phi) is 3.47. The van der Waals surface area contributed by atoms with Crippen molar-refractivity contribution in [2.45, 2.75) is 31.7 Å². The third kappa shape index (κ3) is 2.38. The zero-order valence-electron chi connectivity index (χ0n) is 12.2. The van der Waals surface area contributed by atoms with E-state index >= 15 is 0 Å². The highest BCUT2D eigenvalue weighted by Crippen LogP contribution is 2.35. The van der Waals surface area contributed by atoms with Crippen LogP contribution in [-0.2, 0) is 4.74 Å². The standard InChI is InChI=1S/C17H21N3O/c1-5-14-15(18-8-1)7-9-19-17(14)20-10-2-6-16(20)13-4-3-11-21-12-13/h1,5,7-9,13,16H,2-4,6,10-12H2. The SMILES string of the molecule is c1cnc2ccnc(N3CCCC3C3CCCOC3)c2c1. The van der Waals surface area contributed by atoms with Crippen LogP contribution in [0.1, 0.15) is 25.7 Å². The third-order valence-electron chi connectivity index (χ3n) is 4.82. The van der Waals surface area contributed by atoms with Crippen molar-refractivity contribution in [2.75, 3.05) is 24.7 Å². The molecule has 4 heterocycles. The highest BCUT2D eigenvalue weighted by molar-refractivity contribution is 5.89. The molecule has 4 heteroatoms. The zero-order chi connectivity index (χ0) is 14.1. The van der Waals surface area contributed by atoms with Gasteiger partial charge in [0.25, 0.3) is 0 Å². The number of anilines is 1. The molecule has 0 aromatic carbocycles. The van der Waals surface area contributed by atoms with Gasteiger partial charge in [0.2, 0.25) is 0 Å². The van der Waals surface area contributed by atoms with Gasteiger partial charge in [-0.25, -0.2) is 4.98 Å². The van der Waals surface area contributed by atoms with E-state index in [1.165, 1.54) is 31.1 Å². The molecule has 2 unspecified atom stereocenters. The molecule has 110 valence electrons. The molecule has 0 saturated carbocycles. The molecule has 4 rings (SSSR count). The average molecular weight is 283 g/mol. The Morgan fingerprint density at radius 2 is 2.10 bits per heavy atom. The van der Waals surface area contributed by atoms with Gasteiger partial charge in [0.1, 0.15) is 5.82 Å². The topological polar surface area (TPSA) is 38.2 Å². The van der Waals surface area contributed by atoms with Crippen LogP contribution in [0.5, 0.6) is 0 Å². The fourth-order valence-corrected chi connectivity index (χ4v) is 3.83. The van der Waals surface area contributed by atoms with Gasteiger partial charge in [0, 0.05) is 42.9 Å². The molecule has 0 N–H and O–H groups in total. The van der Waals surface area contributed by atoms with E-state index in [0.29, 0.717) is 12.0 Å². The highest BCUT2D eigenvalue weighted by Gasteiger charge is 2.34. The molecule has 2 aliphatic rings. The second-order valence-electron chi connectivity index (χ2n) is 6.08. The van der Waals surface area contributed by atoms with Gasteiger partial charge in [0.05, 0.1) is 12.1 Å². The van der Waals surface area contributed by atoms with Crippen LogP contribution in [0.15, 0.2) is 30.6 Å². The number of aromatic nitrogens is 2.